The molecule has 1 aromatic carbocycles. The van der Waals surface area contributed by atoms with Crippen LogP contribution >= 0.6 is 11.6 Å². The van der Waals surface area contributed by atoms with Crippen molar-refractivity contribution in [1.29, 1.82) is 0 Å². The highest BCUT2D eigenvalue weighted by Gasteiger charge is 2.18. The molecule has 4 N–H and O–H groups in total. The predicted molar refractivity (Wildman–Crippen MR) is 125 cm³/mol. The second kappa shape index (κ2) is 11.1. The maximum absolute atomic E-state index is 12.8. The molecule has 0 saturated carbocycles. The number of amides is 1. The number of methoxy groups -OCH3 is 1. The summed E-state index contributed by atoms with van der Waals surface area (Å²) in [5.41, 5.74) is 3.45. The number of carbonyl (C=O) groups is 1. The molecule has 170 valence electrons. The summed E-state index contributed by atoms with van der Waals surface area (Å²) in [7, 11) is 1.66. The van der Waals surface area contributed by atoms with Crippen molar-refractivity contribution in [3.8, 4) is 11.3 Å². The molecule has 0 radical (unpaired) electrons. The lowest BCUT2D eigenvalue weighted by Gasteiger charge is -2.16. The Morgan fingerprint density at radius 2 is 2.16 bits per heavy atom. The fraction of sp³-hybridized carbons (Fsp3) is 0.348. The van der Waals surface area contributed by atoms with Crippen LogP contribution in [0.5, 0.6) is 0 Å². The lowest BCUT2D eigenvalue weighted by molar-refractivity contribution is 0.0911. The summed E-state index contributed by atoms with van der Waals surface area (Å²) in [5.74, 6) is 0.162. The van der Waals surface area contributed by atoms with Crippen LogP contribution in [0.25, 0.3) is 11.3 Å². The molecule has 2 aromatic heterocycles. The van der Waals surface area contributed by atoms with Crippen molar-refractivity contribution in [3.05, 3.63) is 64.6 Å². The van der Waals surface area contributed by atoms with Crippen LogP contribution in [0.1, 0.15) is 41.0 Å². The van der Waals surface area contributed by atoms with Crippen molar-refractivity contribution < 1.29 is 14.6 Å². The molecule has 3 aromatic rings. The molecule has 0 saturated heterocycles. The van der Waals surface area contributed by atoms with Gasteiger partial charge in [0.05, 0.1) is 31.0 Å². The minimum absolute atomic E-state index is 0.102. The van der Waals surface area contributed by atoms with E-state index < -0.39 is 6.04 Å². The Labute approximate surface area is 192 Å². The van der Waals surface area contributed by atoms with E-state index in [1.54, 1.807) is 49.8 Å². The molecule has 2 heterocycles. The van der Waals surface area contributed by atoms with Crippen LogP contribution < -0.4 is 10.6 Å². The third kappa shape index (κ3) is 5.85. The number of aliphatic hydroxyl groups excluding tert-OH is 1. The summed E-state index contributed by atoms with van der Waals surface area (Å²) in [6.07, 6.45) is 4.35. The zero-order chi connectivity index (χ0) is 23.1. The Morgan fingerprint density at radius 1 is 1.34 bits per heavy atom. The van der Waals surface area contributed by atoms with Gasteiger partial charge >= 0.3 is 0 Å². The van der Waals surface area contributed by atoms with Crippen LogP contribution in [-0.4, -0.2) is 52.3 Å². The number of rotatable bonds is 10. The van der Waals surface area contributed by atoms with Crippen molar-refractivity contribution in [2.45, 2.75) is 32.4 Å². The first-order chi connectivity index (χ1) is 15.4. The first-order valence-corrected chi connectivity index (χ1v) is 10.8. The second-order valence-electron chi connectivity index (χ2n) is 7.50. The minimum atomic E-state index is -0.573. The standard InChI is InChI=1S/C23H28ClN5O3/c1-4-18(13-32-3)27-23-26-10-14(2)21(29-23)16-9-19(25-11-16)22(31)28-20(12-30)15-6-5-7-17(24)8-15/h5-11,18,20,25,30H,4,12-13H2,1-3H3,(H,28,31)(H,26,27,29)/t18-,20+/m0/s1. The largest absolute Gasteiger partial charge is 0.394 e. The number of anilines is 1. The lowest BCUT2D eigenvalue weighted by Crippen LogP contribution is -2.31. The number of carbonyl (C=O) groups excluding carboxylic acids is 1. The van der Waals surface area contributed by atoms with Crippen molar-refractivity contribution in [1.82, 2.24) is 20.3 Å². The summed E-state index contributed by atoms with van der Waals surface area (Å²) in [4.78, 5) is 24.8. The Morgan fingerprint density at radius 3 is 2.84 bits per heavy atom. The minimum Gasteiger partial charge on any atom is -0.394 e. The van der Waals surface area contributed by atoms with E-state index in [9.17, 15) is 9.90 Å². The molecular formula is C23H28ClN5O3. The van der Waals surface area contributed by atoms with Gasteiger partial charge in [-0.1, -0.05) is 30.7 Å². The molecule has 0 aliphatic carbocycles. The average Bonchev–Trinajstić information content (AvgIpc) is 3.28. The number of aromatic amines is 1. The zero-order valence-corrected chi connectivity index (χ0v) is 19.1. The Kier molecular flexibility index (Phi) is 8.21. The highest BCUT2D eigenvalue weighted by Crippen LogP contribution is 2.24. The number of halogens is 1. The molecule has 2 atom stereocenters. The van der Waals surface area contributed by atoms with Gasteiger partial charge in [-0.2, -0.15) is 0 Å². The van der Waals surface area contributed by atoms with Crippen LogP contribution in [0.3, 0.4) is 0 Å². The van der Waals surface area contributed by atoms with E-state index in [0.29, 0.717) is 23.3 Å². The van der Waals surface area contributed by atoms with Crippen LogP contribution in [0, 0.1) is 6.92 Å². The number of nitrogens with zero attached hydrogens (tertiary/aromatic N) is 2. The molecule has 32 heavy (non-hydrogen) atoms. The van der Waals surface area contributed by atoms with Crippen LogP contribution in [0.4, 0.5) is 5.95 Å². The maximum atomic E-state index is 12.8. The Hall–Kier alpha value is -2.94. The number of nitrogens with one attached hydrogen (secondary N) is 3. The van der Waals surface area contributed by atoms with Crippen LogP contribution in [-0.2, 0) is 4.74 Å². The number of aliphatic hydroxyl groups is 1. The first kappa shape index (κ1) is 23.7. The van der Waals surface area contributed by atoms with Gasteiger partial charge in [-0.25, -0.2) is 9.97 Å². The van der Waals surface area contributed by atoms with E-state index in [1.165, 1.54) is 0 Å². The van der Waals surface area contributed by atoms with E-state index >= 15 is 0 Å². The summed E-state index contributed by atoms with van der Waals surface area (Å²) < 4.78 is 5.22. The van der Waals surface area contributed by atoms with Gasteiger partial charge in [0, 0.05) is 30.1 Å². The van der Waals surface area contributed by atoms with E-state index in [4.69, 9.17) is 16.3 Å². The van der Waals surface area contributed by atoms with E-state index in [-0.39, 0.29) is 18.6 Å². The molecule has 0 fully saturated rings. The fourth-order valence-corrected chi connectivity index (χ4v) is 3.50. The number of aryl methyl sites for hydroxylation is 1. The third-order valence-electron chi connectivity index (χ3n) is 5.11. The lowest BCUT2D eigenvalue weighted by atomic mass is 10.1. The maximum Gasteiger partial charge on any atom is 0.268 e. The van der Waals surface area contributed by atoms with Gasteiger partial charge < -0.3 is 25.5 Å². The smallest absolute Gasteiger partial charge is 0.268 e. The Balaban J connectivity index is 1.77. The Bertz CT molecular complexity index is 1060. The van der Waals surface area contributed by atoms with Crippen LogP contribution in [0.15, 0.2) is 42.7 Å². The molecule has 0 aliphatic heterocycles. The number of aromatic nitrogens is 3. The van der Waals surface area contributed by atoms with Crippen LogP contribution in [0.2, 0.25) is 5.02 Å². The number of hydrogen-bond donors (Lipinski definition) is 4. The number of hydrogen-bond acceptors (Lipinski definition) is 6. The summed E-state index contributed by atoms with van der Waals surface area (Å²) >= 11 is 6.03. The average molecular weight is 458 g/mol. The molecule has 0 aliphatic rings. The van der Waals surface area contributed by atoms with Gasteiger partial charge in [-0.3, -0.25) is 4.79 Å². The SMILES string of the molecule is CC[C@@H](COC)Nc1ncc(C)c(-c2c[nH]c(C(=O)N[C@H](CO)c3cccc(Cl)c3)c2)n1. The predicted octanol–water partition coefficient (Wildman–Crippen LogP) is 3.73. The zero-order valence-electron chi connectivity index (χ0n) is 18.4. The molecule has 3 rings (SSSR count). The van der Waals surface area contributed by atoms with Crippen molar-refractivity contribution in [2.75, 3.05) is 25.6 Å². The topological polar surface area (TPSA) is 112 Å². The van der Waals surface area contributed by atoms with Gasteiger partial charge in [0.2, 0.25) is 5.95 Å². The molecule has 0 spiro atoms. The number of ether oxygens (including phenoxy) is 1. The normalized spacial score (nSPS) is 12.9. The molecular weight excluding hydrogens is 430 g/mol. The van der Waals surface area contributed by atoms with Crippen molar-refractivity contribution in [3.63, 3.8) is 0 Å². The van der Waals surface area contributed by atoms with Gasteiger partial charge in [-0.05, 0) is 42.7 Å². The highest BCUT2D eigenvalue weighted by atomic mass is 35.5. The van der Waals surface area contributed by atoms with Gasteiger partial charge in [-0.15, -0.1) is 0 Å². The van der Waals surface area contributed by atoms with Gasteiger partial charge in [0.1, 0.15) is 5.69 Å². The molecule has 1 amide bonds. The number of H-pyrrole nitrogens is 1. The van der Waals surface area contributed by atoms with E-state index in [0.717, 1.165) is 28.8 Å². The molecule has 0 unspecified atom stereocenters. The third-order valence-corrected chi connectivity index (χ3v) is 5.34. The van der Waals surface area contributed by atoms with Gasteiger partial charge in [0.15, 0.2) is 0 Å². The fourth-order valence-electron chi connectivity index (χ4n) is 3.31. The summed E-state index contributed by atoms with van der Waals surface area (Å²) in [6.45, 7) is 4.28. The summed E-state index contributed by atoms with van der Waals surface area (Å²) in [5, 5.41) is 16.4. The molecule has 9 heteroatoms. The van der Waals surface area contributed by atoms with Crippen molar-refractivity contribution in [2.24, 2.45) is 0 Å². The highest BCUT2D eigenvalue weighted by molar-refractivity contribution is 6.30. The summed E-state index contributed by atoms with van der Waals surface area (Å²) in [6, 6.07) is 8.30. The van der Waals surface area contributed by atoms with E-state index in [2.05, 4.69) is 32.5 Å². The quantitative estimate of drug-likeness (QED) is 0.369. The monoisotopic (exact) mass is 457 g/mol. The molecule has 0 bridgehead atoms. The second-order valence-corrected chi connectivity index (χ2v) is 7.93. The molecule has 8 nitrogen and oxygen atoms in total. The van der Waals surface area contributed by atoms with Gasteiger partial charge in [0.25, 0.3) is 5.91 Å². The van der Waals surface area contributed by atoms with E-state index in [1.807, 2.05) is 6.92 Å². The van der Waals surface area contributed by atoms with Crippen molar-refractivity contribution >= 4 is 23.5 Å². The number of benzene rings is 1. The first-order valence-electron chi connectivity index (χ1n) is 10.4.